The highest BCUT2D eigenvalue weighted by Crippen LogP contribution is 2.39. The molecular formula is C19H24N4O2. The first-order valence-electron chi connectivity index (χ1n) is 8.98. The van der Waals surface area contributed by atoms with Gasteiger partial charge in [-0.1, -0.05) is 0 Å². The summed E-state index contributed by atoms with van der Waals surface area (Å²) in [5.74, 6) is 1.49. The van der Waals surface area contributed by atoms with Gasteiger partial charge in [-0.2, -0.15) is 5.10 Å². The van der Waals surface area contributed by atoms with Crippen molar-refractivity contribution in [3.63, 3.8) is 0 Å². The van der Waals surface area contributed by atoms with E-state index in [4.69, 9.17) is 4.74 Å². The van der Waals surface area contributed by atoms with E-state index in [0.717, 1.165) is 44.0 Å². The van der Waals surface area contributed by atoms with Crippen LogP contribution in [0.1, 0.15) is 41.4 Å². The lowest BCUT2D eigenvalue weighted by Gasteiger charge is -2.23. The van der Waals surface area contributed by atoms with Crippen LogP contribution in [0.2, 0.25) is 0 Å². The molecule has 1 amide bonds. The van der Waals surface area contributed by atoms with Gasteiger partial charge in [0.2, 0.25) is 0 Å². The Morgan fingerprint density at radius 3 is 2.68 bits per heavy atom. The second-order valence-electron chi connectivity index (χ2n) is 6.81. The van der Waals surface area contributed by atoms with Crippen molar-refractivity contribution in [2.24, 2.45) is 0 Å². The Hall–Kier alpha value is -2.50. The molecule has 1 aromatic carbocycles. The predicted octanol–water partition coefficient (Wildman–Crippen LogP) is 2.65. The smallest absolute Gasteiger partial charge is 0.274 e. The van der Waals surface area contributed by atoms with Crippen molar-refractivity contribution < 1.29 is 9.53 Å². The number of ether oxygens (including phenoxy) is 1. The third kappa shape index (κ3) is 3.48. The SMILES string of the molecule is COc1ccc(N2CCCN(C(=O)c3cc(C4CC4)[nH]n3)CC2)cc1. The van der Waals surface area contributed by atoms with E-state index in [1.54, 1.807) is 7.11 Å². The number of carbonyl (C=O) groups is 1. The minimum Gasteiger partial charge on any atom is -0.497 e. The summed E-state index contributed by atoms with van der Waals surface area (Å²) in [4.78, 5) is 17.0. The van der Waals surface area contributed by atoms with Crippen molar-refractivity contribution >= 4 is 11.6 Å². The Bertz CT molecular complexity index is 736. The third-order valence-corrected chi connectivity index (χ3v) is 5.05. The Labute approximate surface area is 147 Å². The van der Waals surface area contributed by atoms with Gasteiger partial charge in [0.25, 0.3) is 5.91 Å². The third-order valence-electron chi connectivity index (χ3n) is 5.05. The van der Waals surface area contributed by atoms with Gasteiger partial charge in [0, 0.05) is 43.5 Å². The zero-order valence-electron chi connectivity index (χ0n) is 14.6. The quantitative estimate of drug-likeness (QED) is 0.929. The van der Waals surface area contributed by atoms with Gasteiger partial charge in [0.1, 0.15) is 11.4 Å². The normalized spacial score (nSPS) is 18.1. The van der Waals surface area contributed by atoms with Crippen LogP contribution < -0.4 is 9.64 Å². The summed E-state index contributed by atoms with van der Waals surface area (Å²) < 4.78 is 5.22. The molecule has 2 aliphatic rings. The van der Waals surface area contributed by atoms with Gasteiger partial charge < -0.3 is 14.5 Å². The maximum absolute atomic E-state index is 12.7. The Morgan fingerprint density at radius 2 is 1.96 bits per heavy atom. The van der Waals surface area contributed by atoms with Gasteiger partial charge in [-0.25, -0.2) is 0 Å². The van der Waals surface area contributed by atoms with E-state index in [1.165, 1.54) is 18.5 Å². The number of nitrogens with one attached hydrogen (secondary N) is 1. The highest BCUT2D eigenvalue weighted by molar-refractivity contribution is 5.92. The highest BCUT2D eigenvalue weighted by Gasteiger charge is 2.28. The largest absolute Gasteiger partial charge is 0.497 e. The molecule has 0 unspecified atom stereocenters. The van der Waals surface area contributed by atoms with Crippen LogP contribution in [0.3, 0.4) is 0 Å². The molecule has 1 saturated heterocycles. The maximum Gasteiger partial charge on any atom is 0.274 e. The molecule has 2 aromatic rings. The molecular weight excluding hydrogens is 316 g/mol. The number of aromatic amines is 1. The van der Waals surface area contributed by atoms with Crippen LogP contribution in [0.25, 0.3) is 0 Å². The van der Waals surface area contributed by atoms with E-state index in [0.29, 0.717) is 11.6 Å². The van der Waals surface area contributed by atoms with E-state index in [-0.39, 0.29) is 5.91 Å². The predicted molar refractivity (Wildman–Crippen MR) is 96.3 cm³/mol. The summed E-state index contributed by atoms with van der Waals surface area (Å²) in [5, 5.41) is 7.26. The average Bonchev–Trinajstić information content (AvgIpc) is 3.43. The van der Waals surface area contributed by atoms with Gasteiger partial charge in [-0.15, -0.1) is 0 Å². The molecule has 1 saturated carbocycles. The molecule has 132 valence electrons. The Morgan fingerprint density at radius 1 is 1.16 bits per heavy atom. The molecule has 6 nitrogen and oxygen atoms in total. The fourth-order valence-electron chi connectivity index (χ4n) is 3.38. The number of hydrogen-bond donors (Lipinski definition) is 1. The van der Waals surface area contributed by atoms with Crippen LogP contribution in [0, 0.1) is 0 Å². The number of anilines is 1. The molecule has 6 heteroatoms. The maximum atomic E-state index is 12.7. The molecule has 0 bridgehead atoms. The Balaban J connectivity index is 1.40. The van der Waals surface area contributed by atoms with E-state index >= 15 is 0 Å². The van der Waals surface area contributed by atoms with Crippen LogP contribution in [0.4, 0.5) is 5.69 Å². The van der Waals surface area contributed by atoms with Gasteiger partial charge >= 0.3 is 0 Å². The number of H-pyrrole nitrogens is 1. The van der Waals surface area contributed by atoms with Crippen LogP contribution >= 0.6 is 0 Å². The molecule has 2 fully saturated rings. The summed E-state index contributed by atoms with van der Waals surface area (Å²) in [6, 6.07) is 10.0. The summed E-state index contributed by atoms with van der Waals surface area (Å²) >= 11 is 0. The highest BCUT2D eigenvalue weighted by atomic mass is 16.5. The molecule has 2 heterocycles. The summed E-state index contributed by atoms with van der Waals surface area (Å²) in [6.07, 6.45) is 3.37. The minimum absolute atomic E-state index is 0.0414. The number of aromatic nitrogens is 2. The zero-order chi connectivity index (χ0) is 17.2. The van der Waals surface area contributed by atoms with Crippen LogP contribution in [0.15, 0.2) is 30.3 Å². The molecule has 0 radical (unpaired) electrons. The van der Waals surface area contributed by atoms with E-state index < -0.39 is 0 Å². The number of carbonyl (C=O) groups excluding carboxylic acids is 1. The molecule has 25 heavy (non-hydrogen) atoms. The first-order valence-corrected chi connectivity index (χ1v) is 8.98. The van der Waals surface area contributed by atoms with Gasteiger partial charge in [-0.05, 0) is 49.6 Å². The average molecular weight is 340 g/mol. The van der Waals surface area contributed by atoms with E-state index in [9.17, 15) is 4.79 Å². The number of rotatable bonds is 4. The van der Waals surface area contributed by atoms with Crippen LogP contribution in [0.5, 0.6) is 5.75 Å². The van der Waals surface area contributed by atoms with Crippen molar-refractivity contribution in [2.45, 2.75) is 25.2 Å². The molecule has 1 N–H and O–H groups in total. The molecule has 0 atom stereocenters. The summed E-state index contributed by atoms with van der Waals surface area (Å²) in [5.41, 5.74) is 2.84. The molecule has 4 rings (SSSR count). The lowest BCUT2D eigenvalue weighted by molar-refractivity contribution is 0.0761. The summed E-state index contributed by atoms with van der Waals surface area (Å²) in [7, 11) is 1.67. The van der Waals surface area contributed by atoms with Crippen molar-refractivity contribution in [1.29, 1.82) is 0 Å². The summed E-state index contributed by atoms with van der Waals surface area (Å²) in [6.45, 7) is 3.27. The Kier molecular flexibility index (Phi) is 4.34. The number of nitrogens with zero attached hydrogens (tertiary/aromatic N) is 3. The van der Waals surface area contributed by atoms with Crippen LogP contribution in [-0.4, -0.2) is 54.3 Å². The second kappa shape index (κ2) is 6.78. The minimum atomic E-state index is 0.0414. The van der Waals surface area contributed by atoms with Crippen molar-refractivity contribution in [1.82, 2.24) is 15.1 Å². The molecule has 1 aromatic heterocycles. The standard InChI is InChI=1S/C19H24N4O2/c1-25-16-7-5-15(6-8-16)22-9-2-10-23(12-11-22)19(24)18-13-17(20-21-18)14-3-4-14/h5-8,13-14H,2-4,9-12H2,1H3,(H,20,21). The van der Waals surface area contributed by atoms with Crippen molar-refractivity contribution in [3.05, 3.63) is 41.7 Å². The second-order valence-corrected chi connectivity index (χ2v) is 6.81. The fraction of sp³-hybridized carbons (Fsp3) is 0.474. The van der Waals surface area contributed by atoms with E-state index in [1.807, 2.05) is 23.1 Å². The zero-order valence-corrected chi connectivity index (χ0v) is 14.6. The molecule has 0 spiro atoms. The number of amides is 1. The lowest BCUT2D eigenvalue weighted by Crippen LogP contribution is -2.35. The fourth-order valence-corrected chi connectivity index (χ4v) is 3.38. The van der Waals surface area contributed by atoms with E-state index in [2.05, 4.69) is 27.2 Å². The first kappa shape index (κ1) is 16.0. The monoisotopic (exact) mass is 340 g/mol. The van der Waals surface area contributed by atoms with Crippen molar-refractivity contribution in [2.75, 3.05) is 38.2 Å². The van der Waals surface area contributed by atoms with Crippen LogP contribution in [-0.2, 0) is 0 Å². The van der Waals surface area contributed by atoms with Gasteiger partial charge in [-0.3, -0.25) is 9.89 Å². The molecule has 1 aliphatic heterocycles. The van der Waals surface area contributed by atoms with Gasteiger partial charge in [0.15, 0.2) is 0 Å². The lowest BCUT2D eigenvalue weighted by atomic mass is 10.2. The van der Waals surface area contributed by atoms with Crippen molar-refractivity contribution in [3.8, 4) is 5.75 Å². The number of methoxy groups -OCH3 is 1. The number of hydrogen-bond acceptors (Lipinski definition) is 4. The topological polar surface area (TPSA) is 61.5 Å². The number of benzene rings is 1. The molecule has 1 aliphatic carbocycles. The van der Waals surface area contributed by atoms with Gasteiger partial charge in [0.05, 0.1) is 7.11 Å². The first-order chi connectivity index (χ1) is 12.2.